The molecule has 15 saturated carbocycles. The lowest BCUT2D eigenvalue weighted by molar-refractivity contribution is 0.0806. The average molecular weight is 1490 g/mol. The fourth-order valence-electron chi connectivity index (χ4n) is 33.9. The molecule has 0 radical (unpaired) electrons. The molecule has 3 aromatic rings. The van der Waals surface area contributed by atoms with E-state index in [4.69, 9.17) is 4.74 Å². The first-order chi connectivity index (χ1) is 55.2. The van der Waals surface area contributed by atoms with Crippen LogP contribution in [0.5, 0.6) is 0 Å². The highest BCUT2D eigenvalue weighted by Crippen LogP contribution is 2.72. The SMILES string of the molecule is C1=CC2C(C1)C1CC2C2C3C=CC(C3)C12.C1=CC2CC1C1C3C=CC(C3)C21.C1=CC2CC1C1C3CC(CCC4CCCCC4)C(C3)C21.C1=CC2CC1CC2CCCCc1ccccc1.C1=CC2CC1CC2CCCc1ccccc1.C1=CC2CC1CC2CCc1ccccc1.C=C(C)OCC1CC2CC1C1C3C=CC(C3)C21. The molecular weight excluding hydrogens is 1350 g/mol. The molecule has 0 aromatic heterocycles. The van der Waals surface area contributed by atoms with Crippen molar-refractivity contribution < 1.29 is 4.74 Å². The maximum atomic E-state index is 5.69. The number of hydrogen-bond acceptors (Lipinski definition) is 1. The molecule has 0 aliphatic heterocycles. The Labute approximate surface area is 680 Å². The molecule has 0 heterocycles. The Kier molecular flexibility index (Phi) is 21.7. The molecule has 0 N–H and O–H groups in total. The van der Waals surface area contributed by atoms with Crippen LogP contribution in [0.25, 0.3) is 0 Å². The molecule has 112 heavy (non-hydrogen) atoms. The normalized spacial score (nSPS) is 46.6. The predicted molar refractivity (Wildman–Crippen MR) is 465 cm³/mol. The van der Waals surface area contributed by atoms with E-state index >= 15 is 0 Å². The molecule has 27 rings (SSSR count). The molecule has 0 saturated heterocycles. The third-order valence-corrected chi connectivity index (χ3v) is 38.1. The summed E-state index contributed by atoms with van der Waals surface area (Å²) in [5, 5.41) is 0. The molecular formula is C111H144O. The lowest BCUT2D eigenvalue weighted by Crippen LogP contribution is -2.34. The maximum Gasteiger partial charge on any atom is 0.0907 e. The molecule has 1 heteroatoms. The number of fused-ring (bicyclic) bond motifs is 45. The molecule has 15 fully saturated rings. The number of benzene rings is 3. The van der Waals surface area contributed by atoms with Gasteiger partial charge in [0, 0.05) is 0 Å². The second-order valence-corrected chi connectivity index (χ2v) is 43.5. The summed E-state index contributed by atoms with van der Waals surface area (Å²) >= 11 is 0. The van der Waals surface area contributed by atoms with Crippen molar-refractivity contribution in [3.63, 3.8) is 0 Å². The van der Waals surface area contributed by atoms with Crippen LogP contribution >= 0.6 is 0 Å². The van der Waals surface area contributed by atoms with Crippen LogP contribution in [0.15, 0.2) is 213 Å². The second-order valence-electron chi connectivity index (χ2n) is 43.5. The second kappa shape index (κ2) is 32.6. The summed E-state index contributed by atoms with van der Waals surface area (Å²) in [6.45, 7) is 6.75. The van der Waals surface area contributed by atoms with Crippen molar-refractivity contribution in [1.82, 2.24) is 0 Å². The van der Waals surface area contributed by atoms with E-state index in [1.54, 1.807) is 44.9 Å². The van der Waals surface area contributed by atoms with Gasteiger partial charge in [-0.15, -0.1) is 0 Å². The van der Waals surface area contributed by atoms with Gasteiger partial charge in [-0.05, 0) is 415 Å². The van der Waals surface area contributed by atoms with Crippen LogP contribution in [0.1, 0.15) is 216 Å². The quantitative estimate of drug-likeness (QED) is 0.0534. The lowest BCUT2D eigenvalue weighted by atomic mass is 9.66. The molecule has 3 aromatic carbocycles. The van der Waals surface area contributed by atoms with E-state index in [1.807, 2.05) is 6.92 Å². The highest BCUT2D eigenvalue weighted by molar-refractivity contribution is 5.29. The summed E-state index contributed by atoms with van der Waals surface area (Å²) in [4.78, 5) is 0. The van der Waals surface area contributed by atoms with Crippen LogP contribution in [-0.2, 0) is 24.0 Å². The van der Waals surface area contributed by atoms with Gasteiger partial charge < -0.3 is 4.74 Å². The molecule has 0 amide bonds. The number of aryl methyl sites for hydroxylation is 3. The van der Waals surface area contributed by atoms with E-state index in [1.165, 1.54) is 184 Å². The molecule has 24 aliphatic carbocycles. The fraction of sp³-hybridized carbons (Fsp3) is 0.658. The number of ether oxygens (including phenoxy) is 1. The first-order valence-electron chi connectivity index (χ1n) is 48.8. The first-order valence-corrected chi connectivity index (χ1v) is 48.8. The van der Waals surface area contributed by atoms with E-state index in [0.717, 1.165) is 237 Å². The highest BCUT2D eigenvalue weighted by atomic mass is 16.5. The van der Waals surface area contributed by atoms with Gasteiger partial charge in [-0.25, -0.2) is 0 Å². The standard InChI is InChI=1S/C20H30.C17H22.C16H22O.C16H20.2C15H18.C12H14/c1-2-4-13(5-3-1)6-7-14-10-17-12-18(14)20-16-9-8-15(11-16)19(17)20;1-2-6-14(7-3-1)8-4-5-9-16-12-15-10-11-17(16)13-15;1-9(2)17-8-13-6-12-7-14(13)16-11-4-3-10(5-11)15(12)16;1-2-5-13(6-3-1)7-4-8-15-11-14-9-10-16(15)12-14;1-2-10-11(3-1)13-7-12(10)14-8-4-5-9(6-8)15(13)14;1-2-4-12(5-3-1)6-8-14-10-13-7-9-15(14)11-13;1-2-8-5-7(1)11-9-3-4-10(6-9)12(8)11/h8-9,13-20H,1-7,10-12H2;1-3,6-7,10-11,15-17H,4-5,8-9,12-13H2;3-4,10-16H,1,5-8H2,2H3;1-3,5-6,9-10,14-16H,4,7-8,11-12H2;1-2,4-5,8-15H,3,6-7H2;1-5,7,9,13-15H,6,8,10-11H2;1-4,7-12H,5-6H2. The van der Waals surface area contributed by atoms with Crippen LogP contribution in [0, 0.1) is 225 Å². The zero-order valence-electron chi connectivity index (χ0n) is 69.1. The summed E-state index contributed by atoms with van der Waals surface area (Å²) in [5.74, 6) is 39.5. The Balaban J connectivity index is 0.0000000828. The van der Waals surface area contributed by atoms with Gasteiger partial charge in [-0.2, -0.15) is 0 Å². The van der Waals surface area contributed by atoms with Crippen molar-refractivity contribution in [2.45, 2.75) is 219 Å². The van der Waals surface area contributed by atoms with Gasteiger partial charge in [-0.1, -0.05) is 252 Å². The zero-order chi connectivity index (χ0) is 74.3. The summed E-state index contributed by atoms with van der Waals surface area (Å²) in [6, 6.07) is 32.7. The molecule has 24 aliphatic rings. The largest absolute Gasteiger partial charge is 0.499 e. The van der Waals surface area contributed by atoms with Crippen LogP contribution in [0.3, 0.4) is 0 Å². The van der Waals surface area contributed by atoms with E-state index < -0.39 is 0 Å². The Hall–Kier alpha value is -5.14. The fourth-order valence-corrected chi connectivity index (χ4v) is 33.9. The minimum Gasteiger partial charge on any atom is -0.499 e. The van der Waals surface area contributed by atoms with Gasteiger partial charge in [0.15, 0.2) is 0 Å². The van der Waals surface area contributed by atoms with Gasteiger partial charge in [0.2, 0.25) is 0 Å². The summed E-state index contributed by atoms with van der Waals surface area (Å²) in [7, 11) is 0. The Bertz CT molecular complexity index is 3920. The van der Waals surface area contributed by atoms with Crippen LogP contribution in [0.4, 0.5) is 0 Å². The molecule has 35 unspecified atom stereocenters. The topological polar surface area (TPSA) is 9.23 Å². The number of allylic oxidation sites excluding steroid dienone is 19. The smallest absolute Gasteiger partial charge is 0.0907 e. The Morgan fingerprint density at radius 2 is 0.714 bits per heavy atom. The van der Waals surface area contributed by atoms with Crippen molar-refractivity contribution in [3.05, 3.63) is 229 Å². The van der Waals surface area contributed by atoms with E-state index in [2.05, 4.69) is 207 Å². The van der Waals surface area contributed by atoms with E-state index in [9.17, 15) is 0 Å². The van der Waals surface area contributed by atoms with Crippen LogP contribution < -0.4 is 0 Å². The Morgan fingerprint density at radius 3 is 1.19 bits per heavy atom. The van der Waals surface area contributed by atoms with Crippen molar-refractivity contribution in [3.8, 4) is 0 Å². The Morgan fingerprint density at radius 1 is 0.304 bits per heavy atom. The minimum absolute atomic E-state index is 0.825. The van der Waals surface area contributed by atoms with Crippen molar-refractivity contribution in [2.75, 3.05) is 6.61 Å². The molecule has 1 nitrogen and oxygen atoms in total. The minimum atomic E-state index is 0.825. The van der Waals surface area contributed by atoms with Gasteiger partial charge in [0.05, 0.1) is 12.4 Å². The monoisotopic (exact) mass is 1490 g/mol. The third-order valence-electron chi connectivity index (χ3n) is 38.1. The number of unbranched alkanes of at least 4 members (excludes halogenated alkanes) is 1. The van der Waals surface area contributed by atoms with Crippen molar-refractivity contribution >= 4 is 0 Å². The molecule has 35 atom stereocenters. The van der Waals surface area contributed by atoms with Gasteiger partial charge >= 0.3 is 0 Å². The predicted octanol–water partition coefficient (Wildman–Crippen LogP) is 27.6. The third kappa shape index (κ3) is 14.8. The van der Waals surface area contributed by atoms with Crippen molar-refractivity contribution in [1.29, 1.82) is 0 Å². The lowest BCUT2D eigenvalue weighted by Gasteiger charge is -2.38. The first kappa shape index (κ1) is 74.4. The van der Waals surface area contributed by atoms with Crippen LogP contribution in [0.2, 0.25) is 0 Å². The number of hydrogen-bond donors (Lipinski definition) is 0. The van der Waals surface area contributed by atoms with E-state index in [-0.39, 0.29) is 0 Å². The maximum absolute atomic E-state index is 5.69. The summed E-state index contributed by atoms with van der Waals surface area (Å²) in [6.07, 6.45) is 93.6. The van der Waals surface area contributed by atoms with Gasteiger partial charge in [-0.3, -0.25) is 0 Å². The van der Waals surface area contributed by atoms with Gasteiger partial charge in [0.1, 0.15) is 0 Å². The number of rotatable bonds is 18. The van der Waals surface area contributed by atoms with Crippen LogP contribution in [-0.4, -0.2) is 6.61 Å². The zero-order valence-corrected chi connectivity index (χ0v) is 69.1. The average Bonchev–Trinajstić information content (AvgIpc) is 1.53. The highest BCUT2D eigenvalue weighted by Gasteiger charge is 2.66. The molecule has 22 bridgehead atoms. The van der Waals surface area contributed by atoms with Gasteiger partial charge in [0.25, 0.3) is 0 Å². The molecule has 0 spiro atoms. The summed E-state index contributed by atoms with van der Waals surface area (Å²) < 4.78 is 5.69. The summed E-state index contributed by atoms with van der Waals surface area (Å²) in [5.41, 5.74) is 4.51. The van der Waals surface area contributed by atoms with E-state index in [0.29, 0.717) is 0 Å². The van der Waals surface area contributed by atoms with Crippen molar-refractivity contribution in [2.24, 2.45) is 225 Å². The molecule has 594 valence electrons.